The summed E-state index contributed by atoms with van der Waals surface area (Å²) in [5.41, 5.74) is 6.38. The lowest BCUT2D eigenvalue weighted by molar-refractivity contribution is 1.33. The van der Waals surface area contributed by atoms with Gasteiger partial charge in [0, 0.05) is 17.8 Å². The first-order valence-electron chi connectivity index (χ1n) is 3.32. The van der Waals surface area contributed by atoms with Gasteiger partial charge in [-0.3, -0.25) is 4.98 Å². The zero-order chi connectivity index (χ0) is 7.68. The molecular weight excluding hydrogens is 174 g/mol. The molecule has 0 aliphatic carbocycles. The topological polar surface area (TPSA) is 51.8 Å². The molecule has 0 amide bonds. The van der Waals surface area contributed by atoms with Crippen LogP contribution in [0, 0.1) is 0 Å². The van der Waals surface area contributed by atoms with Crippen molar-refractivity contribution in [2.24, 2.45) is 0 Å². The van der Waals surface area contributed by atoms with Gasteiger partial charge in [0.25, 0.3) is 0 Å². The van der Waals surface area contributed by atoms with E-state index in [2.05, 4.69) is 9.97 Å². The van der Waals surface area contributed by atoms with Crippen LogP contribution < -0.4 is 5.73 Å². The van der Waals surface area contributed by atoms with Gasteiger partial charge < -0.3 is 5.73 Å². The number of hydrogen-bond donors (Lipinski definition) is 1. The molecule has 0 aliphatic rings. The van der Waals surface area contributed by atoms with Gasteiger partial charge in [0.2, 0.25) is 0 Å². The lowest BCUT2D eigenvalue weighted by Crippen LogP contribution is -1.89. The summed E-state index contributed by atoms with van der Waals surface area (Å²) < 4.78 is 0. The van der Waals surface area contributed by atoms with E-state index in [0.717, 1.165) is 10.9 Å². The molecule has 0 bridgehead atoms. The number of rotatable bonds is 0. The average Bonchev–Trinajstić information content (AvgIpc) is 2.04. The molecule has 12 heavy (non-hydrogen) atoms. The maximum absolute atomic E-state index is 5.49. The van der Waals surface area contributed by atoms with Gasteiger partial charge in [0.05, 0.1) is 5.52 Å². The highest BCUT2D eigenvalue weighted by Crippen LogP contribution is 2.10. The van der Waals surface area contributed by atoms with E-state index in [9.17, 15) is 0 Å². The lowest BCUT2D eigenvalue weighted by Gasteiger charge is -1.95. The summed E-state index contributed by atoms with van der Waals surface area (Å²) >= 11 is 0. The van der Waals surface area contributed by atoms with Gasteiger partial charge in [-0.25, -0.2) is 4.98 Å². The van der Waals surface area contributed by atoms with Crippen molar-refractivity contribution in [3.63, 3.8) is 0 Å². The fourth-order valence-electron chi connectivity index (χ4n) is 0.981. The number of hydrogen-bond acceptors (Lipinski definition) is 3. The van der Waals surface area contributed by atoms with E-state index in [1.807, 2.05) is 12.1 Å². The second-order valence-corrected chi connectivity index (χ2v) is 2.30. The quantitative estimate of drug-likeness (QED) is 0.672. The molecule has 2 aromatic heterocycles. The van der Waals surface area contributed by atoms with Gasteiger partial charge >= 0.3 is 0 Å². The third kappa shape index (κ3) is 1.46. The van der Waals surface area contributed by atoms with Crippen LogP contribution in [-0.2, 0) is 0 Å². The van der Waals surface area contributed by atoms with Gasteiger partial charge in [-0.15, -0.1) is 12.4 Å². The van der Waals surface area contributed by atoms with Gasteiger partial charge in [-0.1, -0.05) is 0 Å². The summed E-state index contributed by atoms with van der Waals surface area (Å²) in [5.74, 6) is 0.545. The molecule has 0 saturated carbocycles. The minimum Gasteiger partial charge on any atom is -0.384 e. The number of halogens is 1. The Morgan fingerprint density at radius 1 is 1.17 bits per heavy atom. The fraction of sp³-hybridized carbons (Fsp3) is 0. The summed E-state index contributed by atoms with van der Waals surface area (Å²) in [5, 5.41) is 1.02. The third-order valence-corrected chi connectivity index (χ3v) is 1.51. The van der Waals surface area contributed by atoms with Crippen LogP contribution in [0.2, 0.25) is 0 Å². The number of aromatic nitrogens is 2. The van der Waals surface area contributed by atoms with Crippen LogP contribution in [0.5, 0.6) is 0 Å². The molecule has 0 spiro atoms. The second kappa shape index (κ2) is 3.36. The number of pyridine rings is 2. The Morgan fingerprint density at radius 3 is 2.83 bits per heavy atom. The van der Waals surface area contributed by atoms with Crippen molar-refractivity contribution in [1.29, 1.82) is 0 Å². The highest BCUT2D eigenvalue weighted by atomic mass is 35.5. The number of anilines is 1. The second-order valence-electron chi connectivity index (χ2n) is 2.30. The van der Waals surface area contributed by atoms with E-state index >= 15 is 0 Å². The van der Waals surface area contributed by atoms with Crippen molar-refractivity contribution in [1.82, 2.24) is 9.97 Å². The zero-order valence-electron chi connectivity index (χ0n) is 6.27. The van der Waals surface area contributed by atoms with E-state index < -0.39 is 0 Å². The van der Waals surface area contributed by atoms with Crippen molar-refractivity contribution >= 4 is 29.1 Å². The van der Waals surface area contributed by atoms with Crippen LogP contribution >= 0.6 is 12.4 Å². The third-order valence-electron chi connectivity index (χ3n) is 1.51. The number of fused-ring (bicyclic) bond motifs is 1. The summed E-state index contributed by atoms with van der Waals surface area (Å²) in [6.07, 6.45) is 3.47. The lowest BCUT2D eigenvalue weighted by atomic mass is 10.3. The first-order chi connectivity index (χ1) is 5.36. The predicted molar refractivity (Wildman–Crippen MR) is 51.2 cm³/mol. The van der Waals surface area contributed by atoms with Crippen molar-refractivity contribution in [3.05, 3.63) is 30.6 Å². The summed E-state index contributed by atoms with van der Waals surface area (Å²) in [4.78, 5) is 8.08. The Kier molecular flexibility index (Phi) is 2.45. The predicted octanol–water partition coefficient (Wildman–Crippen LogP) is 1.63. The Labute approximate surface area is 76.0 Å². The normalized spacial score (nSPS) is 9.33. The van der Waals surface area contributed by atoms with Crippen molar-refractivity contribution in [3.8, 4) is 0 Å². The molecule has 3 nitrogen and oxygen atoms in total. The summed E-state index contributed by atoms with van der Waals surface area (Å²) in [6.45, 7) is 0. The summed E-state index contributed by atoms with van der Waals surface area (Å²) in [6, 6.07) is 5.51. The van der Waals surface area contributed by atoms with Gasteiger partial charge in [-0.2, -0.15) is 0 Å². The Balaban J connectivity index is 0.000000720. The molecule has 0 unspecified atom stereocenters. The SMILES string of the molecule is Cl.Nc1ccc2cnccc2n1. The van der Waals surface area contributed by atoms with E-state index in [-0.39, 0.29) is 12.4 Å². The van der Waals surface area contributed by atoms with Crippen LogP contribution in [0.25, 0.3) is 10.9 Å². The fourth-order valence-corrected chi connectivity index (χ4v) is 0.981. The van der Waals surface area contributed by atoms with Crippen LogP contribution in [0.3, 0.4) is 0 Å². The number of nitrogen functional groups attached to an aromatic ring is 1. The van der Waals surface area contributed by atoms with Gasteiger partial charge in [-0.05, 0) is 18.2 Å². The Bertz CT molecular complexity index is 389. The van der Waals surface area contributed by atoms with Gasteiger partial charge in [0.15, 0.2) is 0 Å². The average molecular weight is 182 g/mol. The van der Waals surface area contributed by atoms with E-state index in [4.69, 9.17) is 5.73 Å². The van der Waals surface area contributed by atoms with Crippen molar-refractivity contribution < 1.29 is 0 Å². The molecule has 0 atom stereocenters. The molecule has 0 saturated heterocycles. The van der Waals surface area contributed by atoms with E-state index in [1.165, 1.54) is 0 Å². The number of nitrogens with two attached hydrogens (primary N) is 1. The van der Waals surface area contributed by atoms with Crippen LogP contribution in [0.1, 0.15) is 0 Å². The highest BCUT2D eigenvalue weighted by Gasteiger charge is 1.92. The molecule has 0 radical (unpaired) electrons. The van der Waals surface area contributed by atoms with E-state index in [0.29, 0.717) is 5.82 Å². The monoisotopic (exact) mass is 181 g/mol. The molecule has 62 valence electrons. The van der Waals surface area contributed by atoms with Crippen molar-refractivity contribution in [2.75, 3.05) is 5.73 Å². The Hall–Kier alpha value is -1.35. The van der Waals surface area contributed by atoms with Crippen molar-refractivity contribution in [2.45, 2.75) is 0 Å². The molecule has 0 fully saturated rings. The number of nitrogens with zero attached hydrogens (tertiary/aromatic N) is 2. The molecule has 4 heteroatoms. The molecule has 2 rings (SSSR count). The van der Waals surface area contributed by atoms with E-state index in [1.54, 1.807) is 18.5 Å². The van der Waals surface area contributed by atoms with Crippen LogP contribution in [0.4, 0.5) is 5.82 Å². The molecule has 0 aromatic carbocycles. The molecule has 2 aromatic rings. The standard InChI is InChI=1S/C8H7N3.ClH/c9-8-2-1-6-5-10-4-3-7(6)11-8;/h1-5H,(H2,9,11);1H. The maximum Gasteiger partial charge on any atom is 0.124 e. The minimum absolute atomic E-state index is 0. The first-order valence-corrected chi connectivity index (χ1v) is 3.32. The van der Waals surface area contributed by atoms with Crippen LogP contribution in [0.15, 0.2) is 30.6 Å². The highest BCUT2D eigenvalue weighted by molar-refractivity contribution is 5.85. The molecular formula is C8H8ClN3. The minimum atomic E-state index is 0. The largest absolute Gasteiger partial charge is 0.384 e. The molecule has 2 heterocycles. The van der Waals surface area contributed by atoms with Gasteiger partial charge in [0.1, 0.15) is 5.82 Å². The zero-order valence-corrected chi connectivity index (χ0v) is 7.08. The smallest absolute Gasteiger partial charge is 0.124 e. The van der Waals surface area contributed by atoms with Crippen LogP contribution in [-0.4, -0.2) is 9.97 Å². The maximum atomic E-state index is 5.49. The summed E-state index contributed by atoms with van der Waals surface area (Å²) in [7, 11) is 0. The molecule has 0 aliphatic heterocycles. The molecule has 2 N–H and O–H groups in total. The first kappa shape index (κ1) is 8.74. The Morgan fingerprint density at radius 2 is 2.00 bits per heavy atom.